The number of nitrogens with zero attached hydrogens (tertiary/aromatic N) is 1. The van der Waals surface area contributed by atoms with Crippen molar-refractivity contribution in [3.63, 3.8) is 0 Å². The molecule has 0 radical (unpaired) electrons. The summed E-state index contributed by atoms with van der Waals surface area (Å²) in [4.78, 5) is 20.6. The van der Waals surface area contributed by atoms with Crippen LogP contribution in [0.1, 0.15) is 13.3 Å². The van der Waals surface area contributed by atoms with E-state index < -0.39 is 5.38 Å². The first kappa shape index (κ1) is 9.92. The number of carbonyl (C=O) groups excluding carboxylic acids is 2. The summed E-state index contributed by atoms with van der Waals surface area (Å²) in [5, 5.41) is 8.74. The van der Waals surface area contributed by atoms with Crippen molar-refractivity contribution in [3.05, 3.63) is 0 Å². The molecule has 0 aromatic rings. The summed E-state index contributed by atoms with van der Waals surface area (Å²) in [5.74, 6) is -0.660. The first-order valence-electron chi connectivity index (χ1n) is 2.90. The van der Waals surface area contributed by atoms with Gasteiger partial charge in [-0.1, -0.05) is 0 Å². The van der Waals surface area contributed by atoms with E-state index in [2.05, 4.69) is 5.32 Å². The lowest BCUT2D eigenvalue weighted by atomic mass is 10.4. The van der Waals surface area contributed by atoms with Gasteiger partial charge < -0.3 is 0 Å². The maximum Gasteiger partial charge on any atom is 0.245 e. The Balaban J connectivity index is 0.000000292. The Morgan fingerprint density at radius 3 is 2.27 bits per heavy atom. The number of hydrogen-bond donors (Lipinski definition) is 1. The van der Waals surface area contributed by atoms with Crippen molar-refractivity contribution in [2.45, 2.75) is 18.7 Å². The van der Waals surface area contributed by atoms with Crippen LogP contribution in [-0.4, -0.2) is 17.2 Å². The van der Waals surface area contributed by atoms with Crippen molar-refractivity contribution >= 4 is 23.4 Å². The summed E-state index contributed by atoms with van der Waals surface area (Å²) >= 11 is 5.32. The predicted molar refractivity (Wildman–Crippen MR) is 38.7 cm³/mol. The van der Waals surface area contributed by atoms with Gasteiger partial charge in [0.25, 0.3) is 0 Å². The maximum atomic E-state index is 10.3. The third-order valence-electron chi connectivity index (χ3n) is 0.912. The molecule has 1 aliphatic rings. The number of imide groups is 1. The van der Waals surface area contributed by atoms with Gasteiger partial charge in [0.05, 0.1) is 12.5 Å². The van der Waals surface area contributed by atoms with Crippen molar-refractivity contribution in [3.8, 4) is 6.07 Å². The van der Waals surface area contributed by atoms with E-state index >= 15 is 0 Å². The zero-order valence-corrected chi connectivity index (χ0v) is 6.68. The first-order valence-corrected chi connectivity index (χ1v) is 3.34. The van der Waals surface area contributed by atoms with Crippen LogP contribution in [0.15, 0.2) is 0 Å². The molecule has 11 heavy (non-hydrogen) atoms. The van der Waals surface area contributed by atoms with Crippen molar-refractivity contribution in [2.75, 3.05) is 0 Å². The predicted octanol–water partition coefficient (Wildman–Crippen LogP) is 0.170. The summed E-state index contributed by atoms with van der Waals surface area (Å²) in [6.07, 6.45) is 0.125. The van der Waals surface area contributed by atoms with Crippen LogP contribution in [0.4, 0.5) is 0 Å². The lowest BCUT2D eigenvalue weighted by Crippen LogP contribution is -2.21. The molecule has 5 heteroatoms. The summed E-state index contributed by atoms with van der Waals surface area (Å²) in [7, 11) is 0. The van der Waals surface area contributed by atoms with E-state index in [0.29, 0.717) is 0 Å². The van der Waals surface area contributed by atoms with E-state index in [9.17, 15) is 9.59 Å². The lowest BCUT2D eigenvalue weighted by molar-refractivity contribution is -0.124. The molecule has 0 spiro atoms. The SMILES string of the molecule is CC#N.O=C1CC(Cl)C(=O)N1. The fourth-order valence-corrected chi connectivity index (χ4v) is 0.717. The Labute approximate surface area is 69.1 Å². The van der Waals surface area contributed by atoms with Crippen LogP contribution >= 0.6 is 11.6 Å². The van der Waals surface area contributed by atoms with E-state index in [0.717, 1.165) is 0 Å². The van der Waals surface area contributed by atoms with Gasteiger partial charge in [-0.15, -0.1) is 11.6 Å². The Hall–Kier alpha value is -1.08. The molecule has 1 rings (SSSR count). The molecule has 0 aliphatic carbocycles. The highest BCUT2D eigenvalue weighted by Gasteiger charge is 2.27. The molecule has 1 unspecified atom stereocenters. The normalized spacial score (nSPS) is 21.4. The highest BCUT2D eigenvalue weighted by molar-refractivity contribution is 6.35. The van der Waals surface area contributed by atoms with Gasteiger partial charge in [-0.05, 0) is 0 Å². The molecule has 1 fully saturated rings. The summed E-state index contributed by atoms with van der Waals surface area (Å²) in [5.41, 5.74) is 0. The first-order chi connectivity index (χ1) is 5.11. The van der Waals surface area contributed by atoms with Gasteiger partial charge >= 0.3 is 0 Å². The largest absolute Gasteiger partial charge is 0.295 e. The van der Waals surface area contributed by atoms with Crippen molar-refractivity contribution < 1.29 is 9.59 Å². The minimum absolute atomic E-state index is 0.125. The maximum absolute atomic E-state index is 10.3. The third kappa shape index (κ3) is 3.58. The van der Waals surface area contributed by atoms with Crippen LogP contribution in [0.2, 0.25) is 0 Å². The zero-order valence-electron chi connectivity index (χ0n) is 5.93. The summed E-state index contributed by atoms with van der Waals surface area (Å²) < 4.78 is 0. The van der Waals surface area contributed by atoms with Crippen molar-refractivity contribution in [2.24, 2.45) is 0 Å². The quantitative estimate of drug-likeness (QED) is 0.421. The molecule has 60 valence electrons. The minimum Gasteiger partial charge on any atom is -0.295 e. The number of amides is 2. The van der Waals surface area contributed by atoms with Crippen LogP contribution < -0.4 is 5.32 Å². The number of rotatable bonds is 0. The van der Waals surface area contributed by atoms with E-state index in [1.54, 1.807) is 6.07 Å². The van der Waals surface area contributed by atoms with Crippen LogP contribution in [0.25, 0.3) is 0 Å². The molecule has 2 amide bonds. The molecular weight excluding hydrogens is 168 g/mol. The molecule has 0 saturated carbocycles. The second kappa shape index (κ2) is 4.69. The van der Waals surface area contributed by atoms with Crippen LogP contribution in [0, 0.1) is 11.3 Å². The lowest BCUT2D eigenvalue weighted by Gasteiger charge is -1.85. The van der Waals surface area contributed by atoms with E-state index in [1.807, 2.05) is 0 Å². The van der Waals surface area contributed by atoms with Crippen LogP contribution in [-0.2, 0) is 9.59 Å². The van der Waals surface area contributed by atoms with Crippen molar-refractivity contribution in [1.82, 2.24) is 5.32 Å². The highest BCUT2D eigenvalue weighted by Crippen LogP contribution is 2.07. The smallest absolute Gasteiger partial charge is 0.245 e. The van der Waals surface area contributed by atoms with Gasteiger partial charge in [-0.25, -0.2) is 0 Å². The van der Waals surface area contributed by atoms with E-state index in [-0.39, 0.29) is 18.2 Å². The summed E-state index contributed by atoms with van der Waals surface area (Å²) in [6, 6.07) is 1.75. The van der Waals surface area contributed by atoms with Gasteiger partial charge in [-0.3, -0.25) is 14.9 Å². The monoisotopic (exact) mass is 174 g/mol. The molecule has 1 N–H and O–H groups in total. The molecule has 4 nitrogen and oxygen atoms in total. The molecule has 0 aromatic heterocycles. The van der Waals surface area contributed by atoms with Gasteiger partial charge in [0.2, 0.25) is 11.8 Å². The zero-order chi connectivity index (χ0) is 8.85. The number of carbonyl (C=O) groups is 2. The fraction of sp³-hybridized carbons (Fsp3) is 0.500. The second-order valence-electron chi connectivity index (χ2n) is 1.81. The molecule has 1 atom stereocenters. The molecule has 1 aliphatic heterocycles. The number of alkyl halides is 1. The topological polar surface area (TPSA) is 70.0 Å². The van der Waals surface area contributed by atoms with Crippen LogP contribution in [0.3, 0.4) is 0 Å². The summed E-state index contributed by atoms with van der Waals surface area (Å²) in [6.45, 7) is 1.43. The van der Waals surface area contributed by atoms with Gasteiger partial charge in [0.15, 0.2) is 0 Å². The Kier molecular flexibility index (Phi) is 4.23. The van der Waals surface area contributed by atoms with Crippen LogP contribution in [0.5, 0.6) is 0 Å². The standard InChI is InChI=1S/C4H4ClNO2.C2H3N/c5-2-1-3(7)6-4(2)8;1-2-3/h2H,1H2,(H,6,7,8);1H3. The Bertz CT molecular complexity index is 209. The number of nitrogens with one attached hydrogen (secondary N) is 1. The molecular formula is C6H7ClN2O2. The van der Waals surface area contributed by atoms with Gasteiger partial charge in [0, 0.05) is 6.92 Å². The number of hydrogen-bond acceptors (Lipinski definition) is 3. The van der Waals surface area contributed by atoms with E-state index in [4.69, 9.17) is 16.9 Å². The Morgan fingerprint density at radius 2 is 2.18 bits per heavy atom. The van der Waals surface area contributed by atoms with Gasteiger partial charge in [-0.2, -0.15) is 5.26 Å². The fourth-order valence-electron chi connectivity index (χ4n) is 0.522. The number of nitriles is 1. The molecule has 0 bridgehead atoms. The average Bonchev–Trinajstić information content (AvgIpc) is 2.12. The average molecular weight is 175 g/mol. The van der Waals surface area contributed by atoms with Crippen molar-refractivity contribution in [1.29, 1.82) is 5.26 Å². The third-order valence-corrected chi connectivity index (χ3v) is 1.26. The second-order valence-corrected chi connectivity index (χ2v) is 2.33. The minimum atomic E-state index is -0.637. The van der Waals surface area contributed by atoms with E-state index in [1.165, 1.54) is 6.92 Å². The number of halogens is 1. The molecule has 0 aromatic carbocycles. The molecule has 1 heterocycles. The van der Waals surface area contributed by atoms with Gasteiger partial charge in [0.1, 0.15) is 5.38 Å². The highest BCUT2D eigenvalue weighted by atomic mass is 35.5. The Morgan fingerprint density at radius 1 is 1.73 bits per heavy atom. The molecule has 1 saturated heterocycles.